The molecule has 0 amide bonds. The second-order valence-electron chi connectivity index (χ2n) is 15.5. The van der Waals surface area contributed by atoms with Gasteiger partial charge in [0.25, 0.3) is 0 Å². The molecule has 0 saturated heterocycles. The maximum absolute atomic E-state index is 13.6. The number of allylic oxidation sites excluding steroid dienone is 1. The molecule has 2 aliphatic rings. The number of anilines is 3. The lowest BCUT2D eigenvalue weighted by Crippen LogP contribution is -2.31. The third kappa shape index (κ3) is 5.23. The van der Waals surface area contributed by atoms with E-state index < -0.39 is 0 Å². The average molecular weight is 619 g/mol. The molecule has 0 bridgehead atoms. The first-order valence-electron chi connectivity index (χ1n) is 16.2. The highest BCUT2D eigenvalue weighted by Crippen LogP contribution is 2.53. The molecular formula is C44H44NO2-. The first-order valence-corrected chi connectivity index (χ1v) is 16.2. The molecule has 0 N–H and O–H groups in total. The summed E-state index contributed by atoms with van der Waals surface area (Å²) in [6.45, 7) is 18.0. The Bertz CT molecular complexity index is 2060. The number of nitrogens with zero attached hydrogens (tertiary/aromatic N) is 1. The second-order valence-corrected chi connectivity index (χ2v) is 15.5. The van der Waals surface area contributed by atoms with Crippen LogP contribution in [0.1, 0.15) is 104 Å². The first-order chi connectivity index (χ1) is 21.6. The van der Waals surface area contributed by atoms with Crippen LogP contribution < -0.4 is 4.90 Å². The van der Waals surface area contributed by atoms with E-state index in [9.17, 15) is 9.59 Å². The zero-order chi connectivity index (χ0) is 32.8. The molecule has 7 rings (SSSR count). The number of benzene rings is 5. The Morgan fingerprint density at radius 1 is 0.596 bits per heavy atom. The third-order valence-corrected chi connectivity index (χ3v) is 9.88. The van der Waals surface area contributed by atoms with Crippen LogP contribution in [0.3, 0.4) is 0 Å². The van der Waals surface area contributed by atoms with Crippen LogP contribution in [0.15, 0.2) is 103 Å². The zero-order valence-electron chi connectivity index (χ0n) is 29.1. The van der Waals surface area contributed by atoms with Crippen LogP contribution in [0.2, 0.25) is 0 Å². The molecule has 238 valence electrons. The van der Waals surface area contributed by atoms with Crippen molar-refractivity contribution in [2.75, 3.05) is 4.90 Å². The molecule has 1 aliphatic carbocycles. The fourth-order valence-corrected chi connectivity index (χ4v) is 7.01. The molecule has 1 aliphatic heterocycles. The first kappa shape index (κ1) is 32.2. The van der Waals surface area contributed by atoms with E-state index in [0.29, 0.717) is 11.1 Å². The SMILES string of the molecule is CC(C)(C)c1ccc(N2c3ccc(C=C4C(=O)c5cc6ccccc6cc5C4=O)cc3C(C)(C)c3cc(C(C)(C)C)ccc32)cc1.[CH3-]. The van der Waals surface area contributed by atoms with Crippen molar-refractivity contribution < 1.29 is 9.59 Å². The fourth-order valence-electron chi connectivity index (χ4n) is 7.01. The minimum absolute atomic E-state index is 0. The Morgan fingerprint density at radius 2 is 1.09 bits per heavy atom. The van der Waals surface area contributed by atoms with Gasteiger partial charge in [0.2, 0.25) is 0 Å². The van der Waals surface area contributed by atoms with Crippen LogP contribution >= 0.6 is 0 Å². The van der Waals surface area contributed by atoms with Crippen molar-refractivity contribution in [1.82, 2.24) is 0 Å². The fraction of sp³-hybridized carbons (Fsp3) is 0.250. The molecule has 0 spiro atoms. The van der Waals surface area contributed by atoms with Gasteiger partial charge in [-0.25, -0.2) is 0 Å². The number of rotatable bonds is 2. The van der Waals surface area contributed by atoms with E-state index in [1.807, 2.05) is 42.5 Å². The minimum Gasteiger partial charge on any atom is -0.358 e. The van der Waals surface area contributed by atoms with E-state index in [1.54, 1.807) is 6.08 Å². The molecule has 47 heavy (non-hydrogen) atoms. The number of carbonyl (C=O) groups is 2. The number of hydrogen-bond acceptors (Lipinski definition) is 3. The van der Waals surface area contributed by atoms with E-state index in [4.69, 9.17) is 0 Å². The topological polar surface area (TPSA) is 37.4 Å². The summed E-state index contributed by atoms with van der Waals surface area (Å²) in [6, 6.07) is 33.7. The summed E-state index contributed by atoms with van der Waals surface area (Å²) < 4.78 is 0. The summed E-state index contributed by atoms with van der Waals surface area (Å²) in [5, 5.41) is 1.92. The van der Waals surface area contributed by atoms with Crippen LogP contribution in [0, 0.1) is 7.43 Å². The van der Waals surface area contributed by atoms with Crippen LogP contribution in [-0.2, 0) is 16.2 Å². The predicted octanol–water partition coefficient (Wildman–Crippen LogP) is 11.5. The smallest absolute Gasteiger partial charge is 0.197 e. The maximum atomic E-state index is 13.6. The van der Waals surface area contributed by atoms with E-state index >= 15 is 0 Å². The van der Waals surface area contributed by atoms with Crippen molar-refractivity contribution in [3.8, 4) is 0 Å². The van der Waals surface area contributed by atoms with Gasteiger partial charge in [-0.05, 0) is 98.0 Å². The van der Waals surface area contributed by atoms with Gasteiger partial charge in [-0.1, -0.05) is 110 Å². The van der Waals surface area contributed by atoms with Gasteiger partial charge in [-0.15, -0.1) is 0 Å². The van der Waals surface area contributed by atoms with Crippen LogP contribution in [-0.4, -0.2) is 11.6 Å². The number of carbonyl (C=O) groups excluding carboxylic acids is 2. The quantitative estimate of drug-likeness (QED) is 0.112. The van der Waals surface area contributed by atoms with Crippen molar-refractivity contribution >= 4 is 45.5 Å². The summed E-state index contributed by atoms with van der Waals surface area (Å²) in [4.78, 5) is 29.6. The Morgan fingerprint density at radius 3 is 1.62 bits per heavy atom. The molecule has 5 aromatic rings. The largest absolute Gasteiger partial charge is 0.358 e. The Balaban J connectivity index is 0.00000386. The van der Waals surface area contributed by atoms with E-state index in [1.165, 1.54) is 22.4 Å². The summed E-state index contributed by atoms with van der Waals surface area (Å²) in [6.07, 6.45) is 1.79. The van der Waals surface area contributed by atoms with E-state index in [-0.39, 0.29) is 40.8 Å². The highest BCUT2D eigenvalue weighted by molar-refractivity contribution is 6.42. The number of Topliss-reactive ketones (excluding diaryl/α,β-unsaturated/α-hetero) is 2. The maximum Gasteiger partial charge on any atom is 0.197 e. The van der Waals surface area contributed by atoms with Gasteiger partial charge in [0.1, 0.15) is 0 Å². The van der Waals surface area contributed by atoms with Gasteiger partial charge in [-0.3, -0.25) is 9.59 Å². The predicted molar refractivity (Wildman–Crippen MR) is 198 cm³/mol. The highest BCUT2D eigenvalue weighted by Gasteiger charge is 2.39. The van der Waals surface area contributed by atoms with Gasteiger partial charge in [0, 0.05) is 22.2 Å². The molecule has 0 radical (unpaired) electrons. The number of ketones is 2. The average Bonchev–Trinajstić information content (AvgIpc) is 3.23. The van der Waals surface area contributed by atoms with Crippen molar-refractivity contribution in [3.63, 3.8) is 0 Å². The Hall–Kier alpha value is -4.76. The molecule has 0 atom stereocenters. The van der Waals surface area contributed by atoms with E-state index in [0.717, 1.165) is 33.3 Å². The molecule has 3 nitrogen and oxygen atoms in total. The summed E-state index contributed by atoms with van der Waals surface area (Å²) >= 11 is 0. The van der Waals surface area contributed by atoms with Gasteiger partial charge >= 0.3 is 0 Å². The lowest BCUT2D eigenvalue weighted by atomic mass is 9.71. The van der Waals surface area contributed by atoms with Gasteiger partial charge in [0.15, 0.2) is 11.6 Å². The van der Waals surface area contributed by atoms with Crippen molar-refractivity contribution in [1.29, 1.82) is 0 Å². The minimum atomic E-state index is -0.327. The van der Waals surface area contributed by atoms with Crippen molar-refractivity contribution in [2.24, 2.45) is 0 Å². The molecule has 5 aromatic carbocycles. The number of hydrogen-bond donors (Lipinski definition) is 0. The van der Waals surface area contributed by atoms with Crippen molar-refractivity contribution in [2.45, 2.75) is 71.6 Å². The summed E-state index contributed by atoms with van der Waals surface area (Å²) in [5.41, 5.74) is 10.1. The lowest BCUT2D eigenvalue weighted by Gasteiger charge is -2.43. The monoisotopic (exact) mass is 618 g/mol. The van der Waals surface area contributed by atoms with Gasteiger partial charge in [0.05, 0.1) is 16.9 Å². The molecular weight excluding hydrogens is 574 g/mol. The molecule has 0 unspecified atom stereocenters. The number of fused-ring (bicyclic) bond motifs is 4. The zero-order valence-corrected chi connectivity index (χ0v) is 29.1. The van der Waals surface area contributed by atoms with Gasteiger partial charge < -0.3 is 12.3 Å². The molecule has 3 heteroatoms. The lowest BCUT2D eigenvalue weighted by molar-refractivity contribution is 0.0990. The van der Waals surface area contributed by atoms with Crippen LogP contribution in [0.4, 0.5) is 17.1 Å². The highest BCUT2D eigenvalue weighted by atomic mass is 16.2. The Kier molecular flexibility index (Phi) is 7.47. The molecule has 1 heterocycles. The molecule has 0 aromatic heterocycles. The van der Waals surface area contributed by atoms with Crippen LogP contribution in [0.25, 0.3) is 16.8 Å². The normalized spacial score (nSPS) is 15.2. The standard InChI is InChI=1S/C43H41NO2.CH3/c1-41(2,3)29-14-17-31(18-15-29)44-37-19-13-26(22-35(37)43(7,8)36-25-30(42(4,5)6)16-20-38(36)44)21-34-39(45)32-23-27-11-9-10-12-28(27)24-33(32)40(34)46;/h9-25H,1-8H3;1H3/q;-1. The second kappa shape index (κ2) is 10.9. The summed E-state index contributed by atoms with van der Waals surface area (Å²) in [5.74, 6) is -0.410. The molecule has 0 fully saturated rings. The third-order valence-electron chi connectivity index (χ3n) is 9.88. The molecule has 0 saturated carbocycles. The summed E-state index contributed by atoms with van der Waals surface area (Å²) in [7, 11) is 0. The Labute approximate surface area is 280 Å². The van der Waals surface area contributed by atoms with E-state index in [2.05, 4.69) is 115 Å². The van der Waals surface area contributed by atoms with Crippen LogP contribution in [0.5, 0.6) is 0 Å². The van der Waals surface area contributed by atoms with Gasteiger partial charge in [-0.2, -0.15) is 0 Å². The van der Waals surface area contributed by atoms with Crippen molar-refractivity contribution in [3.05, 3.63) is 149 Å².